The van der Waals surface area contributed by atoms with Gasteiger partial charge in [-0.25, -0.2) is 4.57 Å². The van der Waals surface area contributed by atoms with Gasteiger partial charge in [-0.05, 0) is 67.2 Å². The zero-order valence-corrected chi connectivity index (χ0v) is 19.9. The molecular formula is C22H45O4P. The van der Waals surface area contributed by atoms with Crippen LogP contribution in [0.15, 0.2) is 12.2 Å². The highest BCUT2D eigenvalue weighted by molar-refractivity contribution is 7.48. The molecule has 0 heterocycles. The summed E-state index contributed by atoms with van der Waals surface area (Å²) in [7, 11) is -3.55. The molecule has 4 nitrogen and oxygen atoms in total. The Morgan fingerprint density at radius 3 is 1.63 bits per heavy atom. The summed E-state index contributed by atoms with van der Waals surface area (Å²) < 4.78 is 29.7. The Balaban J connectivity index is 3.89. The van der Waals surface area contributed by atoms with E-state index in [4.69, 9.17) is 13.6 Å². The van der Waals surface area contributed by atoms with Crippen molar-refractivity contribution >= 4 is 7.82 Å². The lowest BCUT2D eigenvalue weighted by molar-refractivity contribution is 0.00298. The lowest BCUT2D eigenvalue weighted by Gasteiger charge is -2.30. The standard InChI is InChI=1S/C22H45O4P/c1-8-9-10-11-12-13-14-15-16-17-18-19-20-24-27(23,25-21(2,3)4)26-22(5,6)7/h11-12H,8-10,13-20H2,1-7H3/b12-11+. The number of hydrogen-bond acceptors (Lipinski definition) is 4. The van der Waals surface area contributed by atoms with Crippen molar-refractivity contribution in [3.63, 3.8) is 0 Å². The summed E-state index contributed by atoms with van der Waals surface area (Å²) in [6, 6.07) is 0. The highest BCUT2D eigenvalue weighted by atomic mass is 31.2. The number of hydrogen-bond donors (Lipinski definition) is 0. The van der Waals surface area contributed by atoms with Gasteiger partial charge in [0.25, 0.3) is 0 Å². The molecule has 0 rings (SSSR count). The Morgan fingerprint density at radius 2 is 1.15 bits per heavy atom. The molecule has 27 heavy (non-hydrogen) atoms. The average molecular weight is 405 g/mol. The quantitative estimate of drug-likeness (QED) is 0.157. The SMILES string of the molecule is CCCC/C=C/CCCCCCCCOP(=O)(OC(C)(C)C)OC(C)(C)C. The molecule has 5 heteroatoms. The molecule has 0 saturated carbocycles. The first-order valence-corrected chi connectivity index (χ1v) is 12.2. The van der Waals surface area contributed by atoms with Crippen LogP contribution in [0.3, 0.4) is 0 Å². The van der Waals surface area contributed by atoms with Gasteiger partial charge in [0.2, 0.25) is 0 Å². The summed E-state index contributed by atoms with van der Waals surface area (Å²) in [6.07, 6.45) is 16.6. The van der Waals surface area contributed by atoms with Crippen LogP contribution in [0.2, 0.25) is 0 Å². The van der Waals surface area contributed by atoms with Crippen LogP contribution in [-0.2, 0) is 18.1 Å². The van der Waals surface area contributed by atoms with Crippen molar-refractivity contribution in [3.05, 3.63) is 12.2 Å². The first-order chi connectivity index (χ1) is 12.5. The Kier molecular flexibility index (Phi) is 13.9. The summed E-state index contributed by atoms with van der Waals surface area (Å²) in [6.45, 7) is 13.8. The Labute approximate surface area is 169 Å². The summed E-state index contributed by atoms with van der Waals surface area (Å²) in [5.74, 6) is 0. The molecule has 0 unspecified atom stereocenters. The number of unbranched alkanes of at least 4 members (excludes halogenated alkanes) is 8. The molecule has 0 aliphatic rings. The van der Waals surface area contributed by atoms with Gasteiger partial charge in [-0.2, -0.15) is 0 Å². The van der Waals surface area contributed by atoms with E-state index in [0.29, 0.717) is 6.61 Å². The van der Waals surface area contributed by atoms with Crippen molar-refractivity contribution in [1.82, 2.24) is 0 Å². The summed E-state index contributed by atoms with van der Waals surface area (Å²) in [5, 5.41) is 0. The highest BCUT2D eigenvalue weighted by Gasteiger charge is 2.36. The topological polar surface area (TPSA) is 44.8 Å². The third-order valence-electron chi connectivity index (χ3n) is 3.68. The molecule has 0 fully saturated rings. The van der Waals surface area contributed by atoms with E-state index in [9.17, 15) is 4.57 Å². The molecule has 0 aliphatic carbocycles. The van der Waals surface area contributed by atoms with Gasteiger partial charge in [0, 0.05) is 0 Å². The molecule has 0 aliphatic heterocycles. The van der Waals surface area contributed by atoms with Crippen LogP contribution >= 0.6 is 7.82 Å². The molecule has 0 bridgehead atoms. The zero-order chi connectivity index (χ0) is 20.8. The van der Waals surface area contributed by atoms with Crippen LogP contribution in [0.4, 0.5) is 0 Å². The number of phosphoric ester groups is 1. The molecule has 0 spiro atoms. The van der Waals surface area contributed by atoms with Gasteiger partial charge in [-0.1, -0.05) is 57.6 Å². The Bertz CT molecular complexity index is 413. The first kappa shape index (κ1) is 26.9. The van der Waals surface area contributed by atoms with E-state index in [1.165, 1.54) is 51.4 Å². The van der Waals surface area contributed by atoms with E-state index in [1.54, 1.807) is 0 Å². The van der Waals surface area contributed by atoms with Crippen LogP contribution in [-0.4, -0.2) is 17.8 Å². The maximum absolute atomic E-state index is 12.9. The molecular weight excluding hydrogens is 359 g/mol. The maximum Gasteiger partial charge on any atom is 0.475 e. The molecule has 0 N–H and O–H groups in total. The van der Waals surface area contributed by atoms with Gasteiger partial charge < -0.3 is 0 Å². The Hall–Kier alpha value is -0.150. The molecule has 162 valence electrons. The average Bonchev–Trinajstić information content (AvgIpc) is 2.48. The van der Waals surface area contributed by atoms with Crippen LogP contribution in [0.25, 0.3) is 0 Å². The van der Waals surface area contributed by atoms with Crippen molar-refractivity contribution in [3.8, 4) is 0 Å². The third-order valence-corrected chi connectivity index (χ3v) is 5.72. The second-order valence-electron chi connectivity index (χ2n) is 9.21. The highest BCUT2D eigenvalue weighted by Crippen LogP contribution is 2.55. The molecule has 0 aromatic rings. The van der Waals surface area contributed by atoms with Gasteiger partial charge in [-0.15, -0.1) is 0 Å². The van der Waals surface area contributed by atoms with E-state index in [0.717, 1.165) is 12.8 Å². The minimum atomic E-state index is -3.55. The lowest BCUT2D eigenvalue weighted by Crippen LogP contribution is -2.24. The monoisotopic (exact) mass is 404 g/mol. The predicted molar refractivity (Wildman–Crippen MR) is 116 cm³/mol. The Morgan fingerprint density at radius 1 is 0.704 bits per heavy atom. The number of rotatable bonds is 15. The molecule has 0 amide bonds. The van der Waals surface area contributed by atoms with Gasteiger partial charge in [0.1, 0.15) is 0 Å². The van der Waals surface area contributed by atoms with Gasteiger partial charge in [-0.3, -0.25) is 13.6 Å². The van der Waals surface area contributed by atoms with Crippen molar-refractivity contribution in [1.29, 1.82) is 0 Å². The summed E-state index contributed by atoms with van der Waals surface area (Å²) in [5.41, 5.74) is -1.16. The fourth-order valence-corrected chi connectivity index (χ4v) is 4.38. The zero-order valence-electron chi connectivity index (χ0n) is 19.0. The largest absolute Gasteiger partial charge is 0.475 e. The van der Waals surface area contributed by atoms with E-state index in [2.05, 4.69) is 19.1 Å². The van der Waals surface area contributed by atoms with Crippen LogP contribution < -0.4 is 0 Å². The van der Waals surface area contributed by atoms with Crippen molar-refractivity contribution in [2.75, 3.05) is 6.61 Å². The number of allylic oxidation sites excluding steroid dienone is 2. The molecule has 0 aromatic heterocycles. The van der Waals surface area contributed by atoms with Crippen molar-refractivity contribution in [2.45, 2.75) is 124 Å². The van der Waals surface area contributed by atoms with Crippen LogP contribution in [0.1, 0.15) is 113 Å². The van der Waals surface area contributed by atoms with Gasteiger partial charge >= 0.3 is 7.82 Å². The van der Waals surface area contributed by atoms with E-state index in [1.807, 2.05) is 41.5 Å². The molecule has 0 atom stereocenters. The lowest BCUT2D eigenvalue weighted by atomic mass is 10.1. The van der Waals surface area contributed by atoms with Gasteiger partial charge in [0.05, 0.1) is 17.8 Å². The van der Waals surface area contributed by atoms with Crippen molar-refractivity contribution in [2.24, 2.45) is 0 Å². The minimum Gasteiger partial charge on any atom is -0.287 e. The summed E-state index contributed by atoms with van der Waals surface area (Å²) in [4.78, 5) is 0. The fourth-order valence-electron chi connectivity index (χ4n) is 2.55. The second kappa shape index (κ2) is 13.9. The van der Waals surface area contributed by atoms with Crippen LogP contribution in [0, 0.1) is 0 Å². The smallest absolute Gasteiger partial charge is 0.287 e. The molecule has 0 saturated heterocycles. The van der Waals surface area contributed by atoms with Crippen molar-refractivity contribution < 1.29 is 18.1 Å². The predicted octanol–water partition coefficient (Wildman–Crippen LogP) is 8.22. The minimum absolute atomic E-state index is 0.406. The van der Waals surface area contributed by atoms with Crippen LogP contribution in [0.5, 0.6) is 0 Å². The normalized spacial score (nSPS) is 13.6. The summed E-state index contributed by atoms with van der Waals surface area (Å²) >= 11 is 0. The first-order valence-electron chi connectivity index (χ1n) is 10.8. The molecule has 0 radical (unpaired) electrons. The maximum atomic E-state index is 12.9. The van der Waals surface area contributed by atoms with E-state index >= 15 is 0 Å². The second-order valence-corrected chi connectivity index (χ2v) is 10.7. The third kappa shape index (κ3) is 19.0. The van der Waals surface area contributed by atoms with Gasteiger partial charge in [0.15, 0.2) is 0 Å². The molecule has 0 aromatic carbocycles. The van der Waals surface area contributed by atoms with E-state index < -0.39 is 19.0 Å². The fraction of sp³-hybridized carbons (Fsp3) is 0.909. The number of phosphoric acid groups is 1. The van der Waals surface area contributed by atoms with E-state index in [-0.39, 0.29) is 0 Å².